The van der Waals surface area contributed by atoms with Crippen molar-refractivity contribution in [2.24, 2.45) is 0 Å². The Kier molecular flexibility index (Phi) is 2.29. The maximum Gasteiger partial charge on any atom is 0.268 e. The molecule has 5 heteroatoms. The van der Waals surface area contributed by atoms with Crippen molar-refractivity contribution in [2.45, 2.75) is 6.54 Å². The summed E-state index contributed by atoms with van der Waals surface area (Å²) in [5.74, 6) is 0.0270. The molecule has 15 heavy (non-hydrogen) atoms. The molecule has 0 aliphatic carbocycles. The fourth-order valence-corrected chi connectivity index (χ4v) is 1.34. The topological polar surface area (TPSA) is 63.8 Å². The van der Waals surface area contributed by atoms with Gasteiger partial charge in [0.2, 0.25) is 0 Å². The fourth-order valence-electron chi connectivity index (χ4n) is 1.34. The number of nitrogens with two attached hydrogens (primary N) is 1. The van der Waals surface area contributed by atoms with Crippen LogP contribution in [0.25, 0.3) is 0 Å². The molecule has 0 saturated heterocycles. The summed E-state index contributed by atoms with van der Waals surface area (Å²) in [4.78, 5) is 11.3. The molecule has 0 amide bonds. The molecule has 0 aliphatic rings. The van der Waals surface area contributed by atoms with Crippen molar-refractivity contribution in [1.29, 1.82) is 0 Å². The van der Waals surface area contributed by atoms with E-state index >= 15 is 0 Å². The second kappa shape index (κ2) is 3.61. The van der Waals surface area contributed by atoms with Gasteiger partial charge in [0.15, 0.2) is 0 Å². The number of hydrogen-bond donors (Lipinski definition) is 2. The summed E-state index contributed by atoms with van der Waals surface area (Å²) in [6.45, 7) is 0.357. The highest BCUT2D eigenvalue weighted by molar-refractivity contribution is 5.25. The predicted octanol–water partition coefficient (Wildman–Crippen LogP) is 0.946. The molecule has 0 radical (unpaired) electrons. The number of benzene rings is 1. The number of nitrogen functional groups attached to an aromatic ring is 1. The fraction of sp³-hybridized carbons (Fsp3) is 0.100. The largest absolute Gasteiger partial charge is 0.384 e. The smallest absolute Gasteiger partial charge is 0.268 e. The lowest BCUT2D eigenvalue weighted by atomic mass is 10.2. The van der Waals surface area contributed by atoms with E-state index < -0.39 is 0 Å². The zero-order valence-electron chi connectivity index (χ0n) is 7.90. The van der Waals surface area contributed by atoms with Gasteiger partial charge in [-0.25, -0.2) is 9.07 Å². The van der Waals surface area contributed by atoms with E-state index in [1.54, 1.807) is 12.1 Å². The van der Waals surface area contributed by atoms with Crippen LogP contribution >= 0.6 is 0 Å². The Balaban J connectivity index is 2.25. The normalized spacial score (nSPS) is 10.5. The van der Waals surface area contributed by atoms with Gasteiger partial charge in [-0.1, -0.05) is 12.1 Å². The zero-order chi connectivity index (χ0) is 10.8. The van der Waals surface area contributed by atoms with E-state index in [9.17, 15) is 9.18 Å². The van der Waals surface area contributed by atoms with Crippen molar-refractivity contribution in [3.05, 3.63) is 52.1 Å². The average Bonchev–Trinajstić information content (AvgIpc) is 2.49. The van der Waals surface area contributed by atoms with Gasteiger partial charge in [0, 0.05) is 6.07 Å². The van der Waals surface area contributed by atoms with E-state index in [0.717, 1.165) is 5.56 Å². The van der Waals surface area contributed by atoms with Crippen LogP contribution < -0.4 is 11.3 Å². The minimum atomic E-state index is -0.294. The Bertz CT molecular complexity index is 512. The summed E-state index contributed by atoms with van der Waals surface area (Å²) in [7, 11) is 0. The van der Waals surface area contributed by atoms with Crippen LogP contribution in [0.5, 0.6) is 0 Å². The quantitative estimate of drug-likeness (QED) is 0.769. The van der Waals surface area contributed by atoms with Gasteiger partial charge < -0.3 is 5.73 Å². The molecule has 78 valence electrons. The van der Waals surface area contributed by atoms with E-state index in [1.807, 2.05) is 0 Å². The van der Waals surface area contributed by atoms with Gasteiger partial charge in [0.25, 0.3) is 5.56 Å². The highest BCUT2D eigenvalue weighted by atomic mass is 19.1. The highest BCUT2D eigenvalue weighted by Crippen LogP contribution is 2.03. The van der Waals surface area contributed by atoms with Crippen LogP contribution in [0.3, 0.4) is 0 Å². The number of H-pyrrole nitrogens is 1. The molecular weight excluding hydrogens is 197 g/mol. The van der Waals surface area contributed by atoms with Gasteiger partial charge >= 0.3 is 0 Å². The van der Waals surface area contributed by atoms with Crippen LogP contribution in [-0.2, 0) is 6.54 Å². The minimum Gasteiger partial charge on any atom is -0.384 e. The van der Waals surface area contributed by atoms with Crippen molar-refractivity contribution >= 4 is 5.82 Å². The third-order valence-electron chi connectivity index (χ3n) is 2.06. The monoisotopic (exact) mass is 207 g/mol. The summed E-state index contributed by atoms with van der Waals surface area (Å²) < 4.78 is 14.0. The number of nitrogens with one attached hydrogen (secondary N) is 1. The van der Waals surface area contributed by atoms with Crippen LogP contribution in [0.1, 0.15) is 5.56 Å². The standard InChI is InChI=1S/C10H10FN3O/c11-8-3-1-7(2-4-8)6-14-10(15)5-9(12)13-14/h1-5,13H,6,12H2. The molecule has 0 saturated carbocycles. The number of aromatic nitrogens is 2. The lowest BCUT2D eigenvalue weighted by Crippen LogP contribution is -2.16. The summed E-state index contributed by atoms with van der Waals surface area (Å²) in [5, 5.41) is 2.70. The molecule has 2 rings (SSSR count). The summed E-state index contributed by atoms with van der Waals surface area (Å²) in [5.41, 5.74) is 6.06. The Morgan fingerprint density at radius 2 is 2.00 bits per heavy atom. The Morgan fingerprint density at radius 1 is 1.33 bits per heavy atom. The lowest BCUT2D eigenvalue weighted by Gasteiger charge is -2.01. The van der Waals surface area contributed by atoms with Crippen molar-refractivity contribution in [1.82, 2.24) is 9.78 Å². The van der Waals surface area contributed by atoms with Gasteiger partial charge in [0.05, 0.1) is 6.54 Å². The van der Waals surface area contributed by atoms with Crippen LogP contribution in [-0.4, -0.2) is 9.78 Å². The van der Waals surface area contributed by atoms with Crippen LogP contribution in [0.2, 0.25) is 0 Å². The van der Waals surface area contributed by atoms with Crippen LogP contribution in [0.4, 0.5) is 10.2 Å². The number of nitrogens with zero attached hydrogens (tertiary/aromatic N) is 1. The highest BCUT2D eigenvalue weighted by Gasteiger charge is 2.01. The van der Waals surface area contributed by atoms with Gasteiger partial charge in [0.1, 0.15) is 11.6 Å². The Labute approximate surface area is 85.1 Å². The van der Waals surface area contributed by atoms with Crippen LogP contribution in [0, 0.1) is 5.82 Å². The third kappa shape index (κ3) is 2.07. The molecular formula is C10H10FN3O. The number of aromatic amines is 1. The van der Waals surface area contributed by atoms with Crippen molar-refractivity contribution in [3.8, 4) is 0 Å². The first-order valence-electron chi connectivity index (χ1n) is 4.45. The van der Waals surface area contributed by atoms with Crippen molar-refractivity contribution in [2.75, 3.05) is 5.73 Å². The summed E-state index contributed by atoms with van der Waals surface area (Å²) in [6, 6.07) is 7.26. The number of hydrogen-bond acceptors (Lipinski definition) is 2. The van der Waals surface area contributed by atoms with E-state index in [-0.39, 0.29) is 11.4 Å². The van der Waals surface area contributed by atoms with Gasteiger partial charge in [-0.3, -0.25) is 9.89 Å². The molecule has 0 aliphatic heterocycles. The van der Waals surface area contributed by atoms with Gasteiger partial charge in [-0.15, -0.1) is 0 Å². The zero-order valence-corrected chi connectivity index (χ0v) is 7.90. The molecule has 0 unspecified atom stereocenters. The average molecular weight is 207 g/mol. The molecule has 0 bridgehead atoms. The predicted molar refractivity (Wildman–Crippen MR) is 55.0 cm³/mol. The van der Waals surface area contributed by atoms with Crippen molar-refractivity contribution < 1.29 is 4.39 Å². The molecule has 4 nitrogen and oxygen atoms in total. The van der Waals surface area contributed by atoms with E-state index in [4.69, 9.17) is 5.73 Å². The lowest BCUT2D eigenvalue weighted by molar-refractivity contribution is 0.623. The molecule has 0 atom stereocenters. The van der Waals surface area contributed by atoms with E-state index in [2.05, 4.69) is 5.10 Å². The third-order valence-corrected chi connectivity index (χ3v) is 2.06. The molecule has 1 heterocycles. The van der Waals surface area contributed by atoms with E-state index in [1.165, 1.54) is 22.9 Å². The second-order valence-electron chi connectivity index (χ2n) is 3.26. The minimum absolute atomic E-state index is 0.197. The first-order chi connectivity index (χ1) is 7.15. The number of anilines is 1. The SMILES string of the molecule is Nc1cc(=O)n(Cc2ccc(F)cc2)[nH]1. The molecule has 0 fully saturated rings. The number of halogens is 1. The Hall–Kier alpha value is -2.04. The molecule has 3 N–H and O–H groups in total. The van der Waals surface area contributed by atoms with Gasteiger partial charge in [-0.05, 0) is 17.7 Å². The molecule has 1 aromatic heterocycles. The first-order valence-corrected chi connectivity index (χ1v) is 4.45. The first kappa shape index (κ1) is 9.51. The maximum atomic E-state index is 12.6. The second-order valence-corrected chi connectivity index (χ2v) is 3.26. The molecule has 0 spiro atoms. The van der Waals surface area contributed by atoms with E-state index in [0.29, 0.717) is 12.4 Å². The molecule has 1 aromatic carbocycles. The molecule has 2 aromatic rings. The van der Waals surface area contributed by atoms with Crippen molar-refractivity contribution in [3.63, 3.8) is 0 Å². The summed E-state index contributed by atoms with van der Waals surface area (Å²) in [6.07, 6.45) is 0. The maximum absolute atomic E-state index is 12.6. The van der Waals surface area contributed by atoms with Gasteiger partial charge in [-0.2, -0.15) is 0 Å². The van der Waals surface area contributed by atoms with Crippen LogP contribution in [0.15, 0.2) is 35.1 Å². The Morgan fingerprint density at radius 3 is 2.53 bits per heavy atom. The summed E-state index contributed by atoms with van der Waals surface area (Å²) >= 11 is 0. The number of rotatable bonds is 2.